The van der Waals surface area contributed by atoms with E-state index >= 15 is 0 Å². The number of nitrogens with one attached hydrogen (secondary N) is 2. The van der Waals surface area contributed by atoms with E-state index < -0.39 is 0 Å². The number of carbonyl (C=O) groups is 2. The maximum atomic E-state index is 13.6. The first-order valence-electron chi connectivity index (χ1n) is 11.0. The van der Waals surface area contributed by atoms with Crippen molar-refractivity contribution in [2.75, 3.05) is 11.4 Å². The molecule has 1 saturated heterocycles. The fourth-order valence-corrected chi connectivity index (χ4v) is 5.39. The van der Waals surface area contributed by atoms with Crippen LogP contribution in [0.25, 0.3) is 0 Å². The molecule has 1 aromatic rings. The number of benzene rings is 1. The highest BCUT2D eigenvalue weighted by Crippen LogP contribution is 2.38. The van der Waals surface area contributed by atoms with Gasteiger partial charge in [0.25, 0.3) is 0 Å². The topological polar surface area (TPSA) is 61.4 Å². The van der Waals surface area contributed by atoms with Gasteiger partial charge in [-0.05, 0) is 64.1 Å². The van der Waals surface area contributed by atoms with E-state index in [2.05, 4.69) is 30.5 Å². The molecule has 0 spiro atoms. The molecule has 2 heterocycles. The van der Waals surface area contributed by atoms with Gasteiger partial charge in [-0.2, -0.15) is 0 Å². The Morgan fingerprint density at radius 2 is 1.82 bits per heavy atom. The summed E-state index contributed by atoms with van der Waals surface area (Å²) in [5, 5.41) is 6.71. The Bertz CT molecular complexity index is 734. The Hall–Kier alpha value is -1.88. The van der Waals surface area contributed by atoms with Gasteiger partial charge in [0.15, 0.2) is 0 Å². The van der Waals surface area contributed by atoms with Crippen LogP contribution in [0.3, 0.4) is 0 Å². The van der Waals surface area contributed by atoms with Crippen LogP contribution in [0.4, 0.5) is 5.69 Å². The number of para-hydroxylation sites is 1. The number of hydrogen-bond donors (Lipinski definition) is 2. The fourth-order valence-electron chi connectivity index (χ4n) is 5.39. The molecule has 1 aromatic carbocycles. The second-order valence-electron chi connectivity index (χ2n) is 8.97. The molecule has 5 atom stereocenters. The van der Waals surface area contributed by atoms with Crippen molar-refractivity contribution in [3.63, 3.8) is 0 Å². The molecule has 5 heteroatoms. The van der Waals surface area contributed by atoms with Crippen LogP contribution in [-0.4, -0.2) is 36.5 Å². The van der Waals surface area contributed by atoms with Crippen molar-refractivity contribution in [2.24, 2.45) is 11.8 Å². The van der Waals surface area contributed by atoms with Crippen LogP contribution in [0.1, 0.15) is 57.9 Å². The number of amides is 2. The van der Waals surface area contributed by atoms with Gasteiger partial charge in [-0.15, -0.1) is 0 Å². The average Bonchev–Trinajstić information content (AvgIpc) is 3.03. The average molecular weight is 384 g/mol. The van der Waals surface area contributed by atoms with Crippen LogP contribution >= 0.6 is 0 Å². The van der Waals surface area contributed by atoms with E-state index in [1.54, 1.807) is 0 Å². The summed E-state index contributed by atoms with van der Waals surface area (Å²) < 4.78 is 0. The molecule has 3 aliphatic rings. The molecule has 1 aliphatic carbocycles. The smallest absolute Gasteiger partial charge is 0.231 e. The van der Waals surface area contributed by atoms with Crippen molar-refractivity contribution < 1.29 is 9.59 Å². The highest BCUT2D eigenvalue weighted by atomic mass is 16.2. The number of carbonyl (C=O) groups excluding carboxylic acids is 2. The van der Waals surface area contributed by atoms with Gasteiger partial charge in [-0.1, -0.05) is 31.0 Å². The first kappa shape index (κ1) is 19.4. The second-order valence-corrected chi connectivity index (χ2v) is 8.97. The number of nitrogens with zero attached hydrogens (tertiary/aromatic N) is 1. The molecule has 28 heavy (non-hydrogen) atoms. The Morgan fingerprint density at radius 3 is 2.61 bits per heavy atom. The summed E-state index contributed by atoms with van der Waals surface area (Å²) in [6, 6.07) is 9.03. The van der Waals surface area contributed by atoms with E-state index in [0.29, 0.717) is 6.04 Å². The number of anilines is 1. The highest BCUT2D eigenvalue weighted by molar-refractivity contribution is 6.00. The first-order chi connectivity index (χ1) is 13.5. The van der Waals surface area contributed by atoms with Crippen molar-refractivity contribution in [3.8, 4) is 0 Å². The lowest BCUT2D eigenvalue weighted by atomic mass is 9.77. The minimum Gasteiger partial charge on any atom is -0.353 e. The molecule has 4 rings (SSSR count). The maximum Gasteiger partial charge on any atom is 0.231 e. The quantitative estimate of drug-likeness (QED) is 0.843. The van der Waals surface area contributed by atoms with Crippen molar-refractivity contribution in [2.45, 2.75) is 76.9 Å². The molecule has 5 unspecified atom stereocenters. The normalized spacial score (nSPS) is 32.6. The largest absolute Gasteiger partial charge is 0.353 e. The van der Waals surface area contributed by atoms with Gasteiger partial charge in [0.2, 0.25) is 11.8 Å². The molecule has 0 aromatic heterocycles. The predicted octanol–water partition coefficient (Wildman–Crippen LogP) is 3.03. The molecule has 0 bridgehead atoms. The Kier molecular flexibility index (Phi) is 5.72. The lowest BCUT2D eigenvalue weighted by molar-refractivity contribution is -0.136. The summed E-state index contributed by atoms with van der Waals surface area (Å²) in [6.07, 6.45) is 6.56. The first-order valence-corrected chi connectivity index (χ1v) is 11.0. The molecule has 1 saturated carbocycles. The molecule has 5 nitrogen and oxygen atoms in total. The van der Waals surface area contributed by atoms with Crippen LogP contribution < -0.4 is 15.5 Å². The molecular formula is C23H33N3O2. The zero-order valence-corrected chi connectivity index (χ0v) is 17.1. The molecule has 2 aliphatic heterocycles. The number of hydrogen-bond acceptors (Lipinski definition) is 3. The summed E-state index contributed by atoms with van der Waals surface area (Å²) in [6.45, 7) is 5.23. The summed E-state index contributed by atoms with van der Waals surface area (Å²) in [7, 11) is 0. The standard InChI is InChI=1S/C23H33N3O2/c1-15-13-18(11-12-24-15)25-22(27)19-8-4-5-9-20(19)23(28)26-16(2)14-17-7-3-6-10-21(17)26/h3,6-7,10,15-16,18-20,24H,4-5,8-9,11-14H2,1-2H3,(H,25,27). The SMILES string of the molecule is CC1CC(NC(=O)C2CCCCC2C(=O)N2c3ccccc3CC2C)CCN1. The zero-order valence-electron chi connectivity index (χ0n) is 17.1. The van der Waals surface area contributed by atoms with E-state index in [1.165, 1.54) is 5.56 Å². The van der Waals surface area contributed by atoms with Crippen molar-refractivity contribution >= 4 is 17.5 Å². The molecule has 2 amide bonds. The van der Waals surface area contributed by atoms with Gasteiger partial charge in [0.1, 0.15) is 0 Å². The third-order valence-electron chi connectivity index (χ3n) is 6.83. The number of fused-ring (bicyclic) bond motifs is 1. The number of rotatable bonds is 3. The summed E-state index contributed by atoms with van der Waals surface area (Å²) in [5.41, 5.74) is 2.28. The van der Waals surface area contributed by atoms with E-state index in [1.807, 2.05) is 23.1 Å². The lowest BCUT2D eigenvalue weighted by Gasteiger charge is -2.36. The van der Waals surface area contributed by atoms with Crippen LogP contribution in [0.5, 0.6) is 0 Å². The Balaban J connectivity index is 1.49. The maximum absolute atomic E-state index is 13.6. The Labute approximate surface area is 168 Å². The zero-order chi connectivity index (χ0) is 19.7. The monoisotopic (exact) mass is 383 g/mol. The van der Waals surface area contributed by atoms with Crippen molar-refractivity contribution in [3.05, 3.63) is 29.8 Å². The van der Waals surface area contributed by atoms with Gasteiger partial charge < -0.3 is 15.5 Å². The van der Waals surface area contributed by atoms with E-state index in [0.717, 1.165) is 57.2 Å². The van der Waals surface area contributed by atoms with Crippen LogP contribution in [0.15, 0.2) is 24.3 Å². The van der Waals surface area contributed by atoms with Gasteiger partial charge in [-0.3, -0.25) is 9.59 Å². The Morgan fingerprint density at radius 1 is 1.07 bits per heavy atom. The van der Waals surface area contributed by atoms with Gasteiger partial charge >= 0.3 is 0 Å². The molecule has 0 radical (unpaired) electrons. The van der Waals surface area contributed by atoms with Crippen LogP contribution in [0, 0.1) is 11.8 Å². The summed E-state index contributed by atoms with van der Waals surface area (Å²) >= 11 is 0. The summed E-state index contributed by atoms with van der Waals surface area (Å²) in [4.78, 5) is 28.7. The van der Waals surface area contributed by atoms with E-state index in [9.17, 15) is 9.59 Å². The summed E-state index contributed by atoms with van der Waals surface area (Å²) in [5.74, 6) is -0.138. The minimum atomic E-state index is -0.193. The minimum absolute atomic E-state index is 0.0947. The number of piperidine rings is 1. The fraction of sp³-hybridized carbons (Fsp3) is 0.652. The van der Waals surface area contributed by atoms with Crippen LogP contribution in [-0.2, 0) is 16.0 Å². The third kappa shape index (κ3) is 3.82. The lowest BCUT2D eigenvalue weighted by Crippen LogP contribution is -2.51. The highest BCUT2D eigenvalue weighted by Gasteiger charge is 2.42. The van der Waals surface area contributed by atoms with Crippen molar-refractivity contribution in [1.82, 2.24) is 10.6 Å². The van der Waals surface area contributed by atoms with Gasteiger partial charge in [0, 0.05) is 29.7 Å². The van der Waals surface area contributed by atoms with E-state index in [4.69, 9.17) is 0 Å². The third-order valence-corrected chi connectivity index (χ3v) is 6.83. The van der Waals surface area contributed by atoms with Gasteiger partial charge in [0.05, 0.1) is 5.92 Å². The molecule has 2 fully saturated rings. The second kappa shape index (κ2) is 8.24. The molecule has 2 N–H and O–H groups in total. The van der Waals surface area contributed by atoms with Crippen molar-refractivity contribution in [1.29, 1.82) is 0 Å². The van der Waals surface area contributed by atoms with Gasteiger partial charge in [-0.25, -0.2) is 0 Å². The van der Waals surface area contributed by atoms with E-state index in [-0.39, 0.29) is 35.7 Å². The predicted molar refractivity (Wildman–Crippen MR) is 111 cm³/mol. The van der Waals surface area contributed by atoms with Crippen LogP contribution in [0.2, 0.25) is 0 Å². The molecule has 152 valence electrons. The molecular weight excluding hydrogens is 350 g/mol.